The predicted molar refractivity (Wildman–Crippen MR) is 126 cm³/mol. The average Bonchev–Trinajstić information content (AvgIpc) is 2.75. The number of hydrogen-bond donors (Lipinski definition) is 1. The maximum atomic E-state index is 12.8. The number of carbonyl (C=O) groups is 1. The minimum atomic E-state index is -0.00791. The number of hydrogen-bond acceptors (Lipinski definition) is 4. The lowest BCUT2D eigenvalue weighted by molar-refractivity contribution is 0.0751. The molecule has 0 saturated carbocycles. The van der Waals surface area contributed by atoms with E-state index in [0.29, 0.717) is 36.7 Å². The molecular weight excluding hydrogens is 437 g/mol. The zero-order chi connectivity index (χ0) is 22.6. The number of halogens is 2. The van der Waals surface area contributed by atoms with Gasteiger partial charge in [-0.3, -0.25) is 4.79 Å². The van der Waals surface area contributed by atoms with Crippen LogP contribution in [0.25, 0.3) is 0 Å². The van der Waals surface area contributed by atoms with Crippen LogP contribution >= 0.6 is 23.2 Å². The van der Waals surface area contributed by atoms with Crippen molar-refractivity contribution in [3.63, 3.8) is 0 Å². The highest BCUT2D eigenvalue weighted by Crippen LogP contribution is 2.36. The number of rotatable bonds is 13. The predicted octanol–water partition coefficient (Wildman–Crippen LogP) is 6.59. The zero-order valence-corrected chi connectivity index (χ0v) is 19.7. The van der Waals surface area contributed by atoms with Crippen LogP contribution in [0.3, 0.4) is 0 Å². The van der Waals surface area contributed by atoms with E-state index in [1.54, 1.807) is 0 Å². The summed E-state index contributed by atoms with van der Waals surface area (Å²) >= 11 is 12.1. The van der Waals surface area contributed by atoms with Crippen molar-refractivity contribution in [1.29, 1.82) is 0 Å². The molecule has 1 N–H and O–H groups in total. The smallest absolute Gasteiger partial charge is 0.253 e. The molecule has 0 aliphatic rings. The van der Waals surface area contributed by atoms with E-state index in [1.165, 1.54) is 12.1 Å². The molecule has 0 bridgehead atoms. The van der Waals surface area contributed by atoms with Crippen molar-refractivity contribution in [3.8, 4) is 17.2 Å². The van der Waals surface area contributed by atoms with Gasteiger partial charge in [-0.05, 0) is 37.1 Å². The molecule has 2 aromatic rings. The van der Waals surface area contributed by atoms with Gasteiger partial charge in [-0.25, -0.2) is 0 Å². The monoisotopic (exact) mass is 467 g/mol. The number of phenolic OH excluding ortho intramolecular Hbond substituents is 1. The minimum absolute atomic E-state index is 0.00791. The number of benzene rings is 2. The van der Waals surface area contributed by atoms with Crippen LogP contribution in [0.1, 0.15) is 56.3 Å². The Morgan fingerprint density at radius 2 is 1.45 bits per heavy atom. The van der Waals surface area contributed by atoms with Gasteiger partial charge in [0.25, 0.3) is 5.91 Å². The van der Waals surface area contributed by atoms with Gasteiger partial charge in [0.1, 0.15) is 11.5 Å². The van der Waals surface area contributed by atoms with Crippen molar-refractivity contribution >= 4 is 29.1 Å². The quantitative estimate of drug-likeness (QED) is 0.337. The topological polar surface area (TPSA) is 59.0 Å². The van der Waals surface area contributed by atoms with Crippen LogP contribution in [0.4, 0.5) is 0 Å². The second-order valence-electron chi connectivity index (χ2n) is 7.31. The van der Waals surface area contributed by atoms with Crippen molar-refractivity contribution in [2.45, 2.75) is 46.0 Å². The van der Waals surface area contributed by atoms with E-state index in [-0.39, 0.29) is 21.7 Å². The van der Waals surface area contributed by atoms with Gasteiger partial charge in [0.15, 0.2) is 5.75 Å². The van der Waals surface area contributed by atoms with E-state index in [0.717, 1.165) is 38.8 Å². The third-order valence-electron chi connectivity index (χ3n) is 4.74. The molecule has 0 aliphatic heterocycles. The molecule has 7 heteroatoms. The van der Waals surface area contributed by atoms with Crippen molar-refractivity contribution < 1.29 is 19.4 Å². The van der Waals surface area contributed by atoms with Gasteiger partial charge in [-0.15, -0.1) is 0 Å². The summed E-state index contributed by atoms with van der Waals surface area (Å²) in [4.78, 5) is 14.8. The minimum Gasteiger partial charge on any atom is -0.508 e. The lowest BCUT2D eigenvalue weighted by atomic mass is 10.1. The first-order valence-corrected chi connectivity index (χ1v) is 11.5. The zero-order valence-electron chi connectivity index (χ0n) is 18.2. The van der Waals surface area contributed by atoms with Gasteiger partial charge < -0.3 is 19.5 Å². The van der Waals surface area contributed by atoms with Crippen LogP contribution in [-0.2, 0) is 0 Å². The van der Waals surface area contributed by atoms with Gasteiger partial charge in [-0.2, -0.15) is 0 Å². The second-order valence-corrected chi connectivity index (χ2v) is 8.13. The summed E-state index contributed by atoms with van der Waals surface area (Å²) in [5.74, 6) is 1.11. The number of amides is 1. The first-order chi connectivity index (χ1) is 15.0. The molecule has 0 heterocycles. The van der Waals surface area contributed by atoms with Crippen molar-refractivity contribution in [2.75, 3.05) is 26.3 Å². The third kappa shape index (κ3) is 8.15. The van der Waals surface area contributed by atoms with Crippen LogP contribution < -0.4 is 9.47 Å². The highest BCUT2D eigenvalue weighted by Gasteiger charge is 2.15. The SMILES string of the molecule is CCCCN(CCCC)C(=O)c1ccc(OCCCOc2c(Cl)cc(O)cc2Cl)cc1. The summed E-state index contributed by atoms with van der Waals surface area (Å²) in [5, 5.41) is 9.97. The van der Waals surface area contributed by atoms with E-state index in [4.69, 9.17) is 32.7 Å². The summed E-state index contributed by atoms with van der Waals surface area (Å²) in [6.07, 6.45) is 4.78. The average molecular weight is 468 g/mol. The Balaban J connectivity index is 1.80. The first kappa shape index (κ1) is 25.2. The normalized spacial score (nSPS) is 10.7. The van der Waals surface area contributed by atoms with Crippen LogP contribution in [0.5, 0.6) is 17.2 Å². The fourth-order valence-electron chi connectivity index (χ4n) is 3.00. The van der Waals surface area contributed by atoms with Crippen LogP contribution in [0.15, 0.2) is 36.4 Å². The molecule has 0 unspecified atom stereocenters. The Morgan fingerprint density at radius 1 is 0.903 bits per heavy atom. The van der Waals surface area contributed by atoms with E-state index in [1.807, 2.05) is 29.2 Å². The van der Waals surface area contributed by atoms with Gasteiger partial charge in [0.2, 0.25) is 0 Å². The molecule has 2 rings (SSSR count). The van der Waals surface area contributed by atoms with Gasteiger partial charge in [-0.1, -0.05) is 49.9 Å². The summed E-state index contributed by atoms with van der Waals surface area (Å²) < 4.78 is 11.3. The first-order valence-electron chi connectivity index (χ1n) is 10.8. The van der Waals surface area contributed by atoms with Crippen molar-refractivity contribution in [2.24, 2.45) is 0 Å². The summed E-state index contributed by atoms with van der Waals surface area (Å²) in [6, 6.07) is 10.0. The van der Waals surface area contributed by atoms with Gasteiger partial charge in [0, 0.05) is 37.2 Å². The second kappa shape index (κ2) is 13.3. The van der Waals surface area contributed by atoms with E-state index in [9.17, 15) is 9.90 Å². The molecule has 0 fully saturated rings. The number of aromatic hydroxyl groups is 1. The molecule has 0 atom stereocenters. The molecule has 0 aromatic heterocycles. The van der Waals surface area contributed by atoms with E-state index < -0.39 is 0 Å². The number of ether oxygens (including phenoxy) is 2. The molecule has 0 aliphatic carbocycles. The fourth-order valence-corrected chi connectivity index (χ4v) is 3.58. The molecule has 1 amide bonds. The number of unbranched alkanes of at least 4 members (excludes halogenated alkanes) is 2. The summed E-state index contributed by atoms with van der Waals surface area (Å²) in [5.41, 5.74) is 0.680. The van der Waals surface area contributed by atoms with Gasteiger partial charge in [0.05, 0.1) is 23.3 Å². The number of phenols is 1. The Morgan fingerprint density at radius 3 is 2.00 bits per heavy atom. The Bertz CT molecular complexity index is 796. The lowest BCUT2D eigenvalue weighted by Gasteiger charge is -2.22. The highest BCUT2D eigenvalue weighted by molar-refractivity contribution is 6.37. The molecule has 31 heavy (non-hydrogen) atoms. The van der Waals surface area contributed by atoms with Crippen molar-refractivity contribution in [1.82, 2.24) is 4.90 Å². The molecule has 0 saturated heterocycles. The third-order valence-corrected chi connectivity index (χ3v) is 5.30. The van der Waals surface area contributed by atoms with Crippen LogP contribution in [0, 0.1) is 0 Å². The molecule has 0 radical (unpaired) electrons. The summed E-state index contributed by atoms with van der Waals surface area (Å²) in [6.45, 7) is 6.66. The lowest BCUT2D eigenvalue weighted by Crippen LogP contribution is -2.32. The molecule has 5 nitrogen and oxygen atoms in total. The standard InChI is InChI=1S/C24H31Cl2NO4/c1-3-5-12-27(13-6-4-2)24(29)18-8-10-20(11-9-18)30-14-7-15-31-23-21(25)16-19(28)17-22(23)26/h8-11,16-17,28H,3-7,12-15H2,1-2H3. The largest absolute Gasteiger partial charge is 0.508 e. The van der Waals surface area contributed by atoms with E-state index in [2.05, 4.69) is 13.8 Å². The van der Waals surface area contributed by atoms with Crippen molar-refractivity contribution in [3.05, 3.63) is 52.0 Å². The van der Waals surface area contributed by atoms with Crippen LogP contribution in [-0.4, -0.2) is 42.2 Å². The molecule has 0 spiro atoms. The number of carbonyl (C=O) groups excluding carboxylic acids is 1. The number of nitrogens with zero attached hydrogens (tertiary/aromatic N) is 1. The maximum Gasteiger partial charge on any atom is 0.253 e. The summed E-state index contributed by atoms with van der Waals surface area (Å²) in [7, 11) is 0. The van der Waals surface area contributed by atoms with Crippen LogP contribution in [0.2, 0.25) is 10.0 Å². The Kier molecular flexibility index (Phi) is 10.8. The Labute approximate surface area is 194 Å². The Hall–Kier alpha value is -2.11. The molecule has 2 aromatic carbocycles. The van der Waals surface area contributed by atoms with E-state index >= 15 is 0 Å². The molecule has 170 valence electrons. The van der Waals surface area contributed by atoms with Gasteiger partial charge >= 0.3 is 0 Å². The fraction of sp³-hybridized carbons (Fsp3) is 0.458. The highest BCUT2D eigenvalue weighted by atomic mass is 35.5. The maximum absolute atomic E-state index is 12.8. The molecular formula is C24H31Cl2NO4.